The van der Waals surface area contributed by atoms with E-state index < -0.39 is 0 Å². The van der Waals surface area contributed by atoms with Crippen LogP contribution in [0.1, 0.15) is 0 Å². The molecule has 4 aromatic carbocycles. The van der Waals surface area contributed by atoms with Crippen LogP contribution in [0.4, 0.5) is 0 Å². The highest BCUT2D eigenvalue weighted by Crippen LogP contribution is 2.36. The van der Waals surface area contributed by atoms with E-state index in [1.165, 1.54) is 11.1 Å². The highest BCUT2D eigenvalue weighted by atomic mass is 16.5. The van der Waals surface area contributed by atoms with Crippen LogP contribution in [0.25, 0.3) is 44.2 Å². The van der Waals surface area contributed by atoms with Gasteiger partial charge in [0.1, 0.15) is 11.3 Å². The smallest absolute Gasteiger partial charge is 0.535 e. The van der Waals surface area contributed by atoms with Gasteiger partial charge in [0.15, 0.2) is 5.58 Å². The number of rotatable bonds is 4. The molecule has 4 heteroatoms. The highest BCUT2D eigenvalue weighted by Gasteiger charge is 2.12. The van der Waals surface area contributed by atoms with Gasteiger partial charge in [0.05, 0.1) is 0 Å². The van der Waals surface area contributed by atoms with E-state index in [1.807, 2.05) is 36.4 Å². The number of benzene rings is 4. The zero-order valence-electron chi connectivity index (χ0n) is 15.0. The first-order valence-corrected chi connectivity index (χ1v) is 9.07. The van der Waals surface area contributed by atoms with E-state index in [1.54, 1.807) is 6.07 Å². The average molecular weight is 363 g/mol. The van der Waals surface area contributed by atoms with Crippen LogP contribution >= 0.6 is 0 Å². The number of para-hydroxylation sites is 1. The molecule has 28 heavy (non-hydrogen) atoms. The molecule has 5 aromatic rings. The van der Waals surface area contributed by atoms with Crippen molar-refractivity contribution in [3.05, 3.63) is 91.0 Å². The fourth-order valence-corrected chi connectivity index (χ4v) is 3.59. The summed E-state index contributed by atoms with van der Waals surface area (Å²) in [6.45, 7) is 0. The van der Waals surface area contributed by atoms with Crippen molar-refractivity contribution in [2.75, 3.05) is 0 Å². The third-order valence-electron chi connectivity index (χ3n) is 4.97. The number of hydrogen-bond donors (Lipinski definition) is 1. The lowest BCUT2D eigenvalue weighted by molar-refractivity contribution is 0.451. The van der Waals surface area contributed by atoms with Gasteiger partial charge in [-0.1, -0.05) is 72.8 Å². The quantitative estimate of drug-likeness (QED) is 0.409. The third kappa shape index (κ3) is 2.84. The topological polar surface area (TPSA) is 42.6 Å². The van der Waals surface area contributed by atoms with Crippen molar-refractivity contribution in [2.24, 2.45) is 0 Å². The summed E-state index contributed by atoms with van der Waals surface area (Å²) < 4.78 is 11.2. The zero-order valence-corrected chi connectivity index (χ0v) is 15.0. The molecule has 0 atom stereocenters. The molecule has 1 aromatic heterocycles. The Balaban J connectivity index is 1.56. The van der Waals surface area contributed by atoms with Crippen LogP contribution in [-0.2, 0) is 0 Å². The van der Waals surface area contributed by atoms with Gasteiger partial charge in [0.25, 0.3) is 0 Å². The van der Waals surface area contributed by atoms with E-state index in [0.717, 1.165) is 27.5 Å². The Morgan fingerprint density at radius 1 is 0.643 bits per heavy atom. The molecule has 5 rings (SSSR count). The fraction of sp³-hybridized carbons (Fsp3) is 0. The Labute approximate surface area is 163 Å². The summed E-state index contributed by atoms with van der Waals surface area (Å²) in [4.78, 5) is 0. The van der Waals surface area contributed by atoms with Crippen LogP contribution in [0.2, 0.25) is 0 Å². The first-order chi connectivity index (χ1) is 13.8. The molecular formula is C24H16BO3. The van der Waals surface area contributed by atoms with E-state index in [0.29, 0.717) is 19.0 Å². The van der Waals surface area contributed by atoms with Gasteiger partial charge in [-0.3, -0.25) is 0 Å². The van der Waals surface area contributed by atoms with Gasteiger partial charge in [-0.05, 0) is 40.5 Å². The van der Waals surface area contributed by atoms with Crippen LogP contribution < -0.4 is 4.65 Å². The summed E-state index contributed by atoms with van der Waals surface area (Å²) in [5.41, 5.74) is 6.02. The number of fused-ring (bicyclic) bond motifs is 3. The van der Waals surface area contributed by atoms with Gasteiger partial charge in [0.2, 0.25) is 0 Å². The van der Waals surface area contributed by atoms with Crippen molar-refractivity contribution < 1.29 is 14.1 Å². The van der Waals surface area contributed by atoms with Crippen LogP contribution in [-0.4, -0.2) is 12.7 Å². The molecule has 0 spiro atoms. The largest absolute Gasteiger partial charge is 0.569 e. The average Bonchev–Trinajstić information content (AvgIpc) is 3.14. The van der Waals surface area contributed by atoms with Crippen molar-refractivity contribution in [1.82, 2.24) is 0 Å². The molecule has 3 nitrogen and oxygen atoms in total. The molecule has 0 aliphatic rings. The summed E-state index contributed by atoms with van der Waals surface area (Å²) in [5.74, 6) is 0.491. The molecule has 0 saturated carbocycles. The Morgan fingerprint density at radius 3 is 2.07 bits per heavy atom. The lowest BCUT2D eigenvalue weighted by Gasteiger charge is -2.05. The summed E-state index contributed by atoms with van der Waals surface area (Å²) in [6, 6.07) is 30.7. The maximum absolute atomic E-state index is 8.96. The Kier molecular flexibility index (Phi) is 4.11. The first-order valence-electron chi connectivity index (χ1n) is 9.07. The van der Waals surface area contributed by atoms with Crippen molar-refractivity contribution in [3.63, 3.8) is 0 Å². The fourth-order valence-electron chi connectivity index (χ4n) is 3.59. The predicted molar refractivity (Wildman–Crippen MR) is 113 cm³/mol. The van der Waals surface area contributed by atoms with E-state index in [9.17, 15) is 0 Å². The second kappa shape index (κ2) is 6.91. The molecule has 0 aliphatic carbocycles. The second-order valence-electron chi connectivity index (χ2n) is 6.61. The molecule has 1 N–H and O–H groups in total. The predicted octanol–water partition coefficient (Wildman–Crippen LogP) is 5.83. The van der Waals surface area contributed by atoms with E-state index in [2.05, 4.69) is 48.5 Å². The van der Waals surface area contributed by atoms with Gasteiger partial charge in [-0.15, -0.1) is 0 Å². The molecule has 0 fully saturated rings. The Morgan fingerprint density at radius 2 is 1.32 bits per heavy atom. The number of furan rings is 1. The van der Waals surface area contributed by atoms with Crippen molar-refractivity contribution in [3.8, 4) is 28.0 Å². The van der Waals surface area contributed by atoms with Gasteiger partial charge < -0.3 is 14.1 Å². The third-order valence-corrected chi connectivity index (χ3v) is 4.97. The molecule has 0 bridgehead atoms. The van der Waals surface area contributed by atoms with Crippen molar-refractivity contribution in [2.45, 2.75) is 0 Å². The molecule has 0 aliphatic heterocycles. The molecule has 1 heterocycles. The summed E-state index contributed by atoms with van der Waals surface area (Å²) in [6.07, 6.45) is 0. The van der Waals surface area contributed by atoms with Gasteiger partial charge >= 0.3 is 7.69 Å². The first kappa shape index (κ1) is 16.7. The molecular weight excluding hydrogens is 347 g/mol. The molecule has 133 valence electrons. The molecule has 0 saturated heterocycles. The Bertz CT molecular complexity index is 1260. The zero-order chi connectivity index (χ0) is 18.9. The van der Waals surface area contributed by atoms with Crippen molar-refractivity contribution >= 4 is 29.6 Å². The normalized spacial score (nSPS) is 11.0. The minimum atomic E-state index is 0.491. The van der Waals surface area contributed by atoms with Crippen LogP contribution in [0.3, 0.4) is 0 Å². The Hall–Kier alpha value is -3.50. The second-order valence-corrected chi connectivity index (χ2v) is 6.61. The van der Waals surface area contributed by atoms with Crippen LogP contribution in [0.5, 0.6) is 5.75 Å². The molecule has 0 amide bonds. The van der Waals surface area contributed by atoms with E-state index >= 15 is 0 Å². The minimum absolute atomic E-state index is 0.491. The standard InChI is InChI=1S/C24H16BO3/c26-25-28-22-8-4-7-21-20-14-13-19(15-23(20)27-24(21)22)18-11-9-17(10-12-18)16-5-2-1-3-6-16/h1-15,26H. The van der Waals surface area contributed by atoms with Gasteiger partial charge in [-0.2, -0.15) is 0 Å². The highest BCUT2D eigenvalue weighted by molar-refractivity contribution is 6.18. The van der Waals surface area contributed by atoms with E-state index in [4.69, 9.17) is 14.1 Å². The molecule has 0 unspecified atom stereocenters. The minimum Gasteiger partial charge on any atom is -0.535 e. The lowest BCUT2D eigenvalue weighted by atomic mass is 9.99. The maximum Gasteiger partial charge on any atom is 0.569 e. The lowest BCUT2D eigenvalue weighted by Crippen LogP contribution is -1.99. The summed E-state index contributed by atoms with van der Waals surface area (Å²) >= 11 is 0. The molecule has 1 radical (unpaired) electrons. The van der Waals surface area contributed by atoms with Gasteiger partial charge in [0, 0.05) is 10.8 Å². The monoisotopic (exact) mass is 363 g/mol. The maximum atomic E-state index is 8.96. The summed E-state index contributed by atoms with van der Waals surface area (Å²) in [7, 11) is 0.668. The SMILES string of the molecule is O[B]Oc1cccc2c1oc1cc(-c3ccc(-c4ccccc4)cc3)ccc12. The van der Waals surface area contributed by atoms with Crippen molar-refractivity contribution in [1.29, 1.82) is 0 Å². The van der Waals surface area contributed by atoms with E-state index in [-0.39, 0.29) is 0 Å². The van der Waals surface area contributed by atoms with Crippen LogP contribution in [0, 0.1) is 0 Å². The van der Waals surface area contributed by atoms with Crippen LogP contribution in [0.15, 0.2) is 95.4 Å². The number of hydrogen-bond acceptors (Lipinski definition) is 3. The van der Waals surface area contributed by atoms with Gasteiger partial charge in [-0.25, -0.2) is 0 Å². The summed E-state index contributed by atoms with van der Waals surface area (Å²) in [5, 5.41) is 10.9.